The van der Waals surface area contributed by atoms with Crippen molar-refractivity contribution in [1.29, 1.82) is 0 Å². The molecule has 0 unspecified atom stereocenters. The van der Waals surface area contributed by atoms with Crippen molar-refractivity contribution in [3.63, 3.8) is 0 Å². The lowest BCUT2D eigenvalue weighted by Gasteiger charge is -2.39. The molecule has 2 aromatic heterocycles. The zero-order valence-electron chi connectivity index (χ0n) is 27.8. The molecule has 3 aliphatic heterocycles. The first-order valence-corrected chi connectivity index (χ1v) is 17.7. The summed E-state index contributed by atoms with van der Waals surface area (Å²) >= 11 is 1.76. The monoisotopic (exact) mass is 617 g/mol. The van der Waals surface area contributed by atoms with Gasteiger partial charge in [0.05, 0.1) is 23.1 Å². The van der Waals surface area contributed by atoms with E-state index in [0.717, 1.165) is 43.8 Å². The van der Waals surface area contributed by atoms with E-state index in [4.69, 9.17) is 4.74 Å². The second-order valence-electron chi connectivity index (χ2n) is 14.8. The van der Waals surface area contributed by atoms with Crippen LogP contribution in [0.1, 0.15) is 94.7 Å². The third-order valence-corrected chi connectivity index (χ3v) is 12.4. The highest BCUT2D eigenvalue weighted by molar-refractivity contribution is 7.19. The summed E-state index contributed by atoms with van der Waals surface area (Å²) < 4.78 is 5.40. The van der Waals surface area contributed by atoms with Gasteiger partial charge in [-0.1, -0.05) is 17.2 Å². The molecule has 1 N–H and O–H groups in total. The average molecular weight is 618 g/mol. The number of nitrogens with zero attached hydrogens (tertiary/aromatic N) is 2. The van der Waals surface area contributed by atoms with Gasteiger partial charge in [0.15, 0.2) is 0 Å². The molecule has 238 valence electrons. The molecule has 3 aromatic rings. The summed E-state index contributed by atoms with van der Waals surface area (Å²) in [5.74, 6) is 0.571. The van der Waals surface area contributed by atoms with Gasteiger partial charge in [-0.15, -0.1) is 11.3 Å². The summed E-state index contributed by atoms with van der Waals surface area (Å²) in [5.41, 5.74) is 5.35. The van der Waals surface area contributed by atoms with Gasteiger partial charge in [0.1, 0.15) is 4.83 Å². The van der Waals surface area contributed by atoms with Crippen molar-refractivity contribution < 1.29 is 14.3 Å². The molecule has 0 saturated carbocycles. The molecule has 3 fully saturated rings. The highest BCUT2D eigenvalue weighted by Crippen LogP contribution is 2.45. The molecule has 44 heavy (non-hydrogen) atoms. The maximum absolute atomic E-state index is 14.0. The van der Waals surface area contributed by atoms with Crippen molar-refractivity contribution in [2.45, 2.75) is 111 Å². The Hall–Kier alpha value is -2.64. The molecule has 2 bridgehead atoms. The van der Waals surface area contributed by atoms with Crippen molar-refractivity contribution in [1.82, 2.24) is 14.8 Å². The second kappa shape index (κ2) is 11.9. The van der Waals surface area contributed by atoms with Gasteiger partial charge in [-0.25, -0.2) is 0 Å². The molecular formula is C37H51N3O3S. The molecule has 0 radical (unpaired) electrons. The Bertz CT molecular complexity index is 1500. The lowest BCUT2D eigenvalue weighted by atomic mass is 9.73. The predicted molar refractivity (Wildman–Crippen MR) is 180 cm³/mol. The zero-order chi connectivity index (χ0) is 31.4. The maximum Gasteiger partial charge on any atom is 0.311 e. The van der Waals surface area contributed by atoms with Gasteiger partial charge < -0.3 is 19.5 Å². The largest absolute Gasteiger partial charge is 0.466 e. The number of thiophene rings is 1. The van der Waals surface area contributed by atoms with Crippen LogP contribution in [0.4, 0.5) is 0 Å². The number of esters is 1. The molecule has 3 aliphatic rings. The number of amides is 1. The number of aromatic nitrogens is 1. The Morgan fingerprint density at radius 2 is 1.55 bits per heavy atom. The summed E-state index contributed by atoms with van der Waals surface area (Å²) in [6, 6.07) is 10.0. The molecular weight excluding hydrogens is 566 g/mol. The Balaban J connectivity index is 1.25. The van der Waals surface area contributed by atoms with E-state index in [1.807, 2.05) is 20.8 Å². The van der Waals surface area contributed by atoms with Crippen molar-refractivity contribution in [2.24, 2.45) is 11.3 Å². The van der Waals surface area contributed by atoms with Gasteiger partial charge >= 0.3 is 5.97 Å². The molecule has 3 saturated heterocycles. The standard InChI is InChI=1S/C37H51N3O3S/c1-8-43-35(42)36(4,5)26-13-16-39(17-14-26)18-15-29-30-22-31(37(6,7)34(41)40-27-9-10-28(40)12-11-27)44-33(30)38-32(29)25-20-23(2)19-24(3)21-25/h19-22,26-28,38H,8-18H2,1-7H3. The third-order valence-electron chi connectivity index (χ3n) is 11.0. The number of aryl methyl sites for hydroxylation is 2. The predicted octanol–water partition coefficient (Wildman–Crippen LogP) is 7.79. The van der Waals surface area contributed by atoms with Gasteiger partial charge in [-0.05, 0) is 142 Å². The number of ether oxygens (including phenoxy) is 1. The Labute approximate surface area is 267 Å². The molecule has 1 amide bonds. The second-order valence-corrected chi connectivity index (χ2v) is 15.9. The van der Waals surface area contributed by atoms with Gasteiger partial charge in [0.2, 0.25) is 5.91 Å². The number of hydrogen-bond acceptors (Lipinski definition) is 5. The van der Waals surface area contributed by atoms with Gasteiger partial charge in [-0.3, -0.25) is 9.59 Å². The lowest BCUT2D eigenvalue weighted by Crippen LogP contribution is -2.45. The van der Waals surface area contributed by atoms with Crippen molar-refractivity contribution >= 4 is 33.4 Å². The van der Waals surface area contributed by atoms with Crippen molar-refractivity contribution in [3.05, 3.63) is 45.8 Å². The molecule has 6 rings (SSSR count). The smallest absolute Gasteiger partial charge is 0.311 e. The van der Waals surface area contributed by atoms with Gasteiger partial charge in [0, 0.05) is 28.9 Å². The van der Waals surface area contributed by atoms with E-state index in [0.29, 0.717) is 30.5 Å². The van der Waals surface area contributed by atoms with Crippen LogP contribution >= 0.6 is 11.3 Å². The fraction of sp³-hybridized carbons (Fsp3) is 0.622. The first-order chi connectivity index (χ1) is 20.9. The summed E-state index contributed by atoms with van der Waals surface area (Å²) in [6.07, 6.45) is 7.62. The van der Waals surface area contributed by atoms with E-state index in [-0.39, 0.29) is 5.97 Å². The molecule has 6 nitrogen and oxygen atoms in total. The summed E-state index contributed by atoms with van der Waals surface area (Å²) in [4.78, 5) is 37.6. The highest BCUT2D eigenvalue weighted by Gasteiger charge is 2.47. The number of rotatable bonds is 9. The van der Waals surface area contributed by atoms with E-state index in [1.54, 1.807) is 11.3 Å². The van der Waals surface area contributed by atoms with E-state index in [1.165, 1.54) is 63.8 Å². The van der Waals surface area contributed by atoms with Crippen LogP contribution < -0.4 is 0 Å². The third kappa shape index (κ3) is 5.64. The van der Waals surface area contributed by atoms with Crippen LogP contribution in [0.5, 0.6) is 0 Å². The molecule has 0 spiro atoms. The van der Waals surface area contributed by atoms with E-state index in [2.05, 4.69) is 66.7 Å². The molecule has 0 aliphatic carbocycles. The molecule has 0 atom stereocenters. The van der Waals surface area contributed by atoms with Crippen LogP contribution in [0.2, 0.25) is 0 Å². The first-order valence-electron chi connectivity index (χ1n) is 16.9. The summed E-state index contributed by atoms with van der Waals surface area (Å²) in [6.45, 7) is 18.0. The minimum absolute atomic E-state index is 0.0710. The zero-order valence-corrected chi connectivity index (χ0v) is 28.7. The Kier molecular flexibility index (Phi) is 8.51. The number of fused-ring (bicyclic) bond motifs is 3. The number of hydrogen-bond donors (Lipinski definition) is 1. The molecule has 7 heteroatoms. The fourth-order valence-electron chi connectivity index (χ4n) is 8.27. The highest BCUT2D eigenvalue weighted by atomic mass is 32.1. The lowest BCUT2D eigenvalue weighted by molar-refractivity contribution is -0.157. The number of aromatic amines is 1. The quantitative estimate of drug-likeness (QED) is 0.249. The van der Waals surface area contributed by atoms with Crippen LogP contribution in [-0.4, -0.2) is 65.0 Å². The van der Waals surface area contributed by atoms with Crippen LogP contribution in [0, 0.1) is 25.2 Å². The van der Waals surface area contributed by atoms with E-state index < -0.39 is 10.8 Å². The minimum atomic E-state index is -0.541. The summed E-state index contributed by atoms with van der Waals surface area (Å²) in [5, 5.41) is 1.27. The number of piperidine rings is 1. The fourth-order valence-corrected chi connectivity index (χ4v) is 9.45. The number of carbonyl (C=O) groups is 2. The van der Waals surface area contributed by atoms with Crippen molar-refractivity contribution in [2.75, 3.05) is 26.2 Å². The van der Waals surface area contributed by atoms with Crippen LogP contribution in [0.25, 0.3) is 21.5 Å². The van der Waals surface area contributed by atoms with Gasteiger partial charge in [-0.2, -0.15) is 0 Å². The number of nitrogens with one attached hydrogen (secondary N) is 1. The number of carbonyl (C=O) groups excluding carboxylic acids is 2. The topological polar surface area (TPSA) is 65.6 Å². The Morgan fingerprint density at radius 1 is 0.932 bits per heavy atom. The molecule has 1 aromatic carbocycles. The maximum atomic E-state index is 14.0. The Morgan fingerprint density at radius 3 is 2.14 bits per heavy atom. The van der Waals surface area contributed by atoms with Crippen molar-refractivity contribution in [3.8, 4) is 11.3 Å². The van der Waals surface area contributed by atoms with Crippen LogP contribution in [0.3, 0.4) is 0 Å². The van der Waals surface area contributed by atoms with Crippen LogP contribution in [0.15, 0.2) is 24.3 Å². The van der Waals surface area contributed by atoms with Gasteiger partial charge in [0.25, 0.3) is 0 Å². The minimum Gasteiger partial charge on any atom is -0.466 e. The first kappa shape index (κ1) is 31.3. The number of likely N-dealkylation sites (tertiary alicyclic amines) is 1. The number of H-pyrrole nitrogens is 1. The normalized spacial score (nSPS) is 21.5. The van der Waals surface area contributed by atoms with Crippen LogP contribution in [-0.2, 0) is 26.2 Å². The molecule has 5 heterocycles. The number of benzene rings is 1. The van der Waals surface area contributed by atoms with E-state index in [9.17, 15) is 9.59 Å². The SMILES string of the molecule is CCOC(=O)C(C)(C)C1CCN(CCc2c(-c3cc(C)cc(C)c3)[nH]c3sc(C(C)(C)C(=O)N4C5CCC4CC5)cc23)CC1. The average Bonchev–Trinajstić information content (AvgIpc) is 3.76. The van der Waals surface area contributed by atoms with E-state index >= 15 is 0 Å². The summed E-state index contributed by atoms with van der Waals surface area (Å²) in [7, 11) is 0.